The molecular weight excluding hydrogens is 236 g/mol. The van der Waals surface area contributed by atoms with Crippen LogP contribution in [0.5, 0.6) is 0 Å². The highest BCUT2D eigenvalue weighted by Crippen LogP contribution is 2.21. The third-order valence-corrected chi connectivity index (χ3v) is 2.91. The van der Waals surface area contributed by atoms with Crippen LogP contribution in [0.3, 0.4) is 0 Å². The van der Waals surface area contributed by atoms with Gasteiger partial charge in [-0.25, -0.2) is 4.98 Å². The van der Waals surface area contributed by atoms with Gasteiger partial charge in [0, 0.05) is 11.1 Å². The number of nitrogens with zero attached hydrogens (tertiary/aromatic N) is 2. The lowest BCUT2D eigenvalue weighted by Crippen LogP contribution is -2.01. The Kier molecular flexibility index (Phi) is 2.76. The van der Waals surface area contributed by atoms with Crippen molar-refractivity contribution >= 4 is 28.4 Å². The SMILES string of the molecule is Cc1cccc(Nc2nc(N)c3ccccc3n2)c1. The summed E-state index contributed by atoms with van der Waals surface area (Å²) >= 11 is 0. The second-order valence-corrected chi connectivity index (χ2v) is 4.44. The van der Waals surface area contributed by atoms with Crippen molar-refractivity contribution in [2.75, 3.05) is 11.1 Å². The van der Waals surface area contributed by atoms with Gasteiger partial charge in [0.15, 0.2) is 0 Å². The third kappa shape index (κ3) is 2.33. The summed E-state index contributed by atoms with van der Waals surface area (Å²) in [4.78, 5) is 8.74. The number of hydrogen-bond acceptors (Lipinski definition) is 4. The van der Waals surface area contributed by atoms with Crippen molar-refractivity contribution in [3.8, 4) is 0 Å². The first-order chi connectivity index (χ1) is 9.22. The molecule has 1 heterocycles. The predicted octanol–water partition coefficient (Wildman–Crippen LogP) is 3.26. The molecule has 0 amide bonds. The van der Waals surface area contributed by atoms with Gasteiger partial charge < -0.3 is 11.1 Å². The molecule has 3 rings (SSSR count). The Morgan fingerprint density at radius 2 is 1.84 bits per heavy atom. The summed E-state index contributed by atoms with van der Waals surface area (Å²) in [7, 11) is 0. The van der Waals surface area contributed by atoms with Crippen molar-refractivity contribution in [3.63, 3.8) is 0 Å². The monoisotopic (exact) mass is 250 g/mol. The Labute approximate surface area is 111 Å². The van der Waals surface area contributed by atoms with E-state index < -0.39 is 0 Å². The number of nitrogens with two attached hydrogens (primary N) is 1. The molecule has 0 aliphatic carbocycles. The van der Waals surface area contributed by atoms with Gasteiger partial charge in [-0.05, 0) is 36.8 Å². The quantitative estimate of drug-likeness (QED) is 0.732. The lowest BCUT2D eigenvalue weighted by molar-refractivity contribution is 1.22. The molecule has 4 nitrogen and oxygen atoms in total. The third-order valence-electron chi connectivity index (χ3n) is 2.91. The van der Waals surface area contributed by atoms with E-state index in [1.54, 1.807) is 0 Å². The number of hydrogen-bond donors (Lipinski definition) is 2. The summed E-state index contributed by atoms with van der Waals surface area (Å²) in [6, 6.07) is 15.7. The van der Waals surface area contributed by atoms with Gasteiger partial charge in [0.25, 0.3) is 0 Å². The largest absolute Gasteiger partial charge is 0.383 e. The van der Waals surface area contributed by atoms with Crippen LogP contribution in [0.4, 0.5) is 17.5 Å². The van der Waals surface area contributed by atoms with Crippen molar-refractivity contribution in [3.05, 3.63) is 54.1 Å². The van der Waals surface area contributed by atoms with E-state index in [9.17, 15) is 0 Å². The fourth-order valence-electron chi connectivity index (χ4n) is 2.01. The molecule has 0 saturated heterocycles. The second-order valence-electron chi connectivity index (χ2n) is 4.44. The zero-order chi connectivity index (χ0) is 13.2. The fraction of sp³-hybridized carbons (Fsp3) is 0.0667. The van der Waals surface area contributed by atoms with Crippen LogP contribution in [0.25, 0.3) is 10.9 Å². The summed E-state index contributed by atoms with van der Waals surface area (Å²) in [6.07, 6.45) is 0. The Morgan fingerprint density at radius 1 is 1.00 bits per heavy atom. The minimum atomic E-state index is 0.487. The maximum atomic E-state index is 5.95. The van der Waals surface area contributed by atoms with Crippen LogP contribution in [0.2, 0.25) is 0 Å². The van der Waals surface area contributed by atoms with Crippen LogP contribution >= 0.6 is 0 Å². The highest BCUT2D eigenvalue weighted by atomic mass is 15.1. The van der Waals surface area contributed by atoms with Gasteiger partial charge in [-0.2, -0.15) is 4.98 Å². The van der Waals surface area contributed by atoms with Crippen LogP contribution in [0, 0.1) is 6.92 Å². The maximum absolute atomic E-state index is 5.95. The molecule has 2 aromatic carbocycles. The number of aryl methyl sites for hydroxylation is 1. The molecule has 94 valence electrons. The van der Waals surface area contributed by atoms with Crippen molar-refractivity contribution in [2.24, 2.45) is 0 Å². The summed E-state index contributed by atoms with van der Waals surface area (Å²) in [6.45, 7) is 2.04. The van der Waals surface area contributed by atoms with E-state index in [0.717, 1.165) is 16.6 Å². The lowest BCUT2D eigenvalue weighted by Gasteiger charge is -2.08. The normalized spacial score (nSPS) is 10.6. The highest BCUT2D eigenvalue weighted by molar-refractivity contribution is 5.89. The van der Waals surface area contributed by atoms with Gasteiger partial charge >= 0.3 is 0 Å². The van der Waals surface area contributed by atoms with Crippen LogP contribution < -0.4 is 11.1 Å². The zero-order valence-corrected chi connectivity index (χ0v) is 10.6. The Balaban J connectivity index is 2.02. The topological polar surface area (TPSA) is 63.8 Å². The van der Waals surface area contributed by atoms with Crippen LogP contribution in [0.15, 0.2) is 48.5 Å². The average molecular weight is 250 g/mol. The number of rotatable bonds is 2. The van der Waals surface area contributed by atoms with E-state index in [1.165, 1.54) is 5.56 Å². The van der Waals surface area contributed by atoms with E-state index in [2.05, 4.69) is 15.3 Å². The molecule has 0 atom stereocenters. The maximum Gasteiger partial charge on any atom is 0.229 e. The summed E-state index contributed by atoms with van der Waals surface area (Å²) < 4.78 is 0. The number of nitrogens with one attached hydrogen (secondary N) is 1. The lowest BCUT2D eigenvalue weighted by atomic mass is 10.2. The number of benzene rings is 2. The van der Waals surface area contributed by atoms with E-state index >= 15 is 0 Å². The molecule has 3 aromatic rings. The zero-order valence-electron chi connectivity index (χ0n) is 10.6. The second kappa shape index (κ2) is 4.57. The molecule has 0 spiro atoms. The number of para-hydroxylation sites is 1. The molecule has 0 saturated carbocycles. The molecule has 0 unspecified atom stereocenters. The van der Waals surface area contributed by atoms with E-state index in [0.29, 0.717) is 11.8 Å². The first-order valence-electron chi connectivity index (χ1n) is 6.08. The molecule has 0 radical (unpaired) electrons. The smallest absolute Gasteiger partial charge is 0.229 e. The standard InChI is InChI=1S/C15H14N4/c1-10-5-4-6-11(9-10)17-15-18-13-8-3-2-7-12(13)14(16)19-15/h2-9H,1H3,(H3,16,17,18,19). The predicted molar refractivity (Wildman–Crippen MR) is 78.4 cm³/mol. The van der Waals surface area contributed by atoms with Crippen LogP contribution in [-0.4, -0.2) is 9.97 Å². The molecule has 0 fully saturated rings. The number of aromatic nitrogens is 2. The Hall–Kier alpha value is -2.62. The molecule has 4 heteroatoms. The summed E-state index contributed by atoms with van der Waals surface area (Å²) in [5.74, 6) is 1.00. The van der Waals surface area contributed by atoms with Gasteiger partial charge in [-0.3, -0.25) is 0 Å². The molecule has 0 bridgehead atoms. The first-order valence-corrected chi connectivity index (χ1v) is 6.08. The van der Waals surface area contributed by atoms with Crippen molar-refractivity contribution in [1.29, 1.82) is 0 Å². The van der Waals surface area contributed by atoms with Gasteiger partial charge in [-0.15, -0.1) is 0 Å². The first kappa shape index (κ1) is 11.5. The van der Waals surface area contributed by atoms with Crippen LogP contribution in [-0.2, 0) is 0 Å². The molecule has 3 N–H and O–H groups in total. The van der Waals surface area contributed by atoms with Gasteiger partial charge in [0.05, 0.1) is 5.52 Å². The molecule has 0 aliphatic heterocycles. The number of nitrogen functional groups attached to an aromatic ring is 1. The van der Waals surface area contributed by atoms with E-state index in [-0.39, 0.29) is 0 Å². The summed E-state index contributed by atoms with van der Waals surface area (Å²) in [5.41, 5.74) is 8.92. The Bertz CT molecular complexity index is 737. The van der Waals surface area contributed by atoms with Crippen LogP contribution in [0.1, 0.15) is 5.56 Å². The van der Waals surface area contributed by atoms with E-state index in [4.69, 9.17) is 5.73 Å². The van der Waals surface area contributed by atoms with Crippen molar-refractivity contribution < 1.29 is 0 Å². The Morgan fingerprint density at radius 3 is 2.68 bits per heavy atom. The van der Waals surface area contributed by atoms with Gasteiger partial charge in [-0.1, -0.05) is 24.3 Å². The molecular formula is C15H14N4. The molecule has 19 heavy (non-hydrogen) atoms. The average Bonchev–Trinajstić information content (AvgIpc) is 2.39. The molecule has 1 aromatic heterocycles. The highest BCUT2D eigenvalue weighted by Gasteiger charge is 2.04. The number of anilines is 3. The summed E-state index contributed by atoms with van der Waals surface area (Å²) in [5, 5.41) is 4.05. The van der Waals surface area contributed by atoms with Crippen molar-refractivity contribution in [2.45, 2.75) is 6.92 Å². The minimum absolute atomic E-state index is 0.487. The number of fused-ring (bicyclic) bond motifs is 1. The van der Waals surface area contributed by atoms with E-state index in [1.807, 2.05) is 55.5 Å². The van der Waals surface area contributed by atoms with Gasteiger partial charge in [0.2, 0.25) is 5.95 Å². The van der Waals surface area contributed by atoms with Crippen molar-refractivity contribution in [1.82, 2.24) is 9.97 Å². The van der Waals surface area contributed by atoms with Gasteiger partial charge in [0.1, 0.15) is 5.82 Å². The fourth-order valence-corrected chi connectivity index (χ4v) is 2.01. The minimum Gasteiger partial charge on any atom is -0.383 e. The molecule has 0 aliphatic rings.